The van der Waals surface area contributed by atoms with Crippen LogP contribution in [-0.4, -0.2) is 26.8 Å². The lowest BCUT2D eigenvalue weighted by molar-refractivity contribution is -0.137. The van der Waals surface area contributed by atoms with Crippen LogP contribution in [0.5, 0.6) is 11.6 Å². The molecule has 1 atom stereocenters. The number of carbonyl (C=O) groups excluding carboxylic acids is 1. The number of halogens is 5. The minimum atomic E-state index is -4.66. The zero-order chi connectivity index (χ0) is 25.4. The van der Waals surface area contributed by atoms with Crippen molar-refractivity contribution in [1.82, 2.24) is 15.1 Å². The van der Waals surface area contributed by atoms with Gasteiger partial charge in [-0.05, 0) is 43.7 Å². The van der Waals surface area contributed by atoms with Crippen LogP contribution in [0.3, 0.4) is 0 Å². The number of nitrogens with zero attached hydrogens (tertiary/aromatic N) is 2. The summed E-state index contributed by atoms with van der Waals surface area (Å²) >= 11 is 0.918. The molecule has 1 unspecified atom stereocenters. The summed E-state index contributed by atoms with van der Waals surface area (Å²) in [6.45, 7) is 3.11. The average molecular weight is 503 g/mol. The number of nitrogens with one attached hydrogen (secondary N) is 1. The smallest absolute Gasteiger partial charge is 0.416 e. The Morgan fingerprint density at radius 1 is 1.24 bits per heavy atom. The normalized spacial score (nSPS) is 12.6. The molecule has 1 aromatic carbocycles. The molecule has 0 spiro atoms. The van der Waals surface area contributed by atoms with Crippen LogP contribution in [0.4, 0.5) is 22.0 Å². The number of amides is 1. The minimum absolute atomic E-state index is 0.0688. The van der Waals surface area contributed by atoms with Gasteiger partial charge < -0.3 is 15.2 Å². The molecule has 182 valence electrons. The van der Waals surface area contributed by atoms with E-state index in [1.54, 1.807) is 13.0 Å². The summed E-state index contributed by atoms with van der Waals surface area (Å²) in [7, 11) is 1.21. The fourth-order valence-electron chi connectivity index (χ4n) is 3.13. The number of hydrogen-bond acceptors (Lipinski definition) is 5. The van der Waals surface area contributed by atoms with E-state index in [1.807, 2.05) is 0 Å². The van der Waals surface area contributed by atoms with Crippen LogP contribution >= 0.6 is 11.3 Å². The van der Waals surface area contributed by atoms with E-state index in [-0.39, 0.29) is 10.6 Å². The molecule has 0 saturated carbocycles. The summed E-state index contributed by atoms with van der Waals surface area (Å²) in [6.07, 6.45) is -7.84. The Morgan fingerprint density at radius 2 is 1.91 bits per heavy atom. The van der Waals surface area contributed by atoms with Gasteiger partial charge in [0.25, 0.3) is 12.3 Å². The zero-order valence-corrected chi connectivity index (χ0v) is 18.7. The Hall–Kier alpha value is -3.48. The number of aryl methyl sites for hydroxylation is 2. The molecular weight excluding hydrogens is 485 g/mol. The van der Waals surface area contributed by atoms with Gasteiger partial charge in [-0.25, -0.2) is 18.3 Å². The van der Waals surface area contributed by atoms with E-state index in [4.69, 9.17) is 4.74 Å². The van der Waals surface area contributed by atoms with Gasteiger partial charge in [-0.3, -0.25) is 4.79 Å². The van der Waals surface area contributed by atoms with Gasteiger partial charge in [0, 0.05) is 11.9 Å². The Kier molecular flexibility index (Phi) is 6.96. The monoisotopic (exact) mass is 503 g/mol. The van der Waals surface area contributed by atoms with Gasteiger partial charge in [-0.2, -0.15) is 18.3 Å². The number of aromatic carboxylic acids is 1. The summed E-state index contributed by atoms with van der Waals surface area (Å²) < 4.78 is 72.5. The van der Waals surface area contributed by atoms with E-state index in [0.29, 0.717) is 16.5 Å². The third kappa shape index (κ3) is 5.19. The molecule has 2 aromatic heterocycles. The van der Waals surface area contributed by atoms with Gasteiger partial charge >= 0.3 is 12.1 Å². The molecule has 13 heteroatoms. The Morgan fingerprint density at radius 3 is 2.47 bits per heavy atom. The van der Waals surface area contributed by atoms with E-state index in [9.17, 15) is 36.6 Å². The van der Waals surface area contributed by atoms with Crippen molar-refractivity contribution in [2.45, 2.75) is 32.5 Å². The number of hydrogen-bond donors (Lipinski definition) is 2. The molecular formula is C21H18F5N3O4S. The van der Waals surface area contributed by atoms with Gasteiger partial charge in [0.15, 0.2) is 0 Å². The van der Waals surface area contributed by atoms with E-state index < -0.39 is 53.2 Å². The quantitative estimate of drug-likeness (QED) is 0.402. The number of benzene rings is 1. The predicted molar refractivity (Wildman–Crippen MR) is 112 cm³/mol. The zero-order valence-electron chi connectivity index (χ0n) is 17.9. The lowest BCUT2D eigenvalue weighted by Crippen LogP contribution is -2.27. The first-order valence-corrected chi connectivity index (χ1v) is 10.5. The first-order chi connectivity index (χ1) is 15.8. The maximum Gasteiger partial charge on any atom is 0.416 e. The molecule has 0 aliphatic heterocycles. The van der Waals surface area contributed by atoms with E-state index in [1.165, 1.54) is 20.0 Å². The van der Waals surface area contributed by atoms with Crippen LogP contribution in [0.15, 0.2) is 30.3 Å². The number of ether oxygens (including phenoxy) is 1. The molecule has 0 saturated heterocycles. The van der Waals surface area contributed by atoms with E-state index in [2.05, 4.69) is 10.4 Å². The molecule has 0 fully saturated rings. The largest absolute Gasteiger partial charge is 0.477 e. The Labute approximate surface area is 193 Å². The first-order valence-electron chi connectivity index (χ1n) is 9.64. The molecule has 1 amide bonds. The van der Waals surface area contributed by atoms with Crippen LogP contribution in [-0.2, 0) is 13.2 Å². The summed E-state index contributed by atoms with van der Waals surface area (Å²) in [6, 6.07) is 4.51. The molecule has 3 aromatic rings. The summed E-state index contributed by atoms with van der Waals surface area (Å²) in [5.41, 5.74) is -2.11. The van der Waals surface area contributed by atoms with Crippen molar-refractivity contribution >= 4 is 23.2 Å². The summed E-state index contributed by atoms with van der Waals surface area (Å²) in [5, 5.41) is 15.3. The van der Waals surface area contributed by atoms with E-state index in [0.717, 1.165) is 28.2 Å². The molecule has 3 rings (SSSR count). The van der Waals surface area contributed by atoms with Crippen molar-refractivity contribution < 1.29 is 41.4 Å². The second-order valence-corrected chi connectivity index (χ2v) is 8.36. The fourth-order valence-corrected chi connectivity index (χ4v) is 4.15. The average Bonchev–Trinajstić information content (AvgIpc) is 3.28. The van der Waals surface area contributed by atoms with Gasteiger partial charge in [0.2, 0.25) is 5.88 Å². The van der Waals surface area contributed by atoms with Crippen molar-refractivity contribution in [3.8, 4) is 11.6 Å². The number of rotatable bonds is 7. The summed E-state index contributed by atoms with van der Waals surface area (Å²) in [5.74, 6) is -2.97. The minimum Gasteiger partial charge on any atom is -0.477 e. The van der Waals surface area contributed by atoms with Crippen LogP contribution in [0.1, 0.15) is 61.1 Å². The highest BCUT2D eigenvalue weighted by Crippen LogP contribution is 2.36. The second kappa shape index (κ2) is 9.41. The highest BCUT2D eigenvalue weighted by molar-refractivity contribution is 7.14. The van der Waals surface area contributed by atoms with Crippen molar-refractivity contribution in [2.24, 2.45) is 7.05 Å². The molecule has 0 aliphatic rings. The van der Waals surface area contributed by atoms with Crippen LogP contribution in [0, 0.1) is 6.92 Å². The standard InChI is InChI=1S/C21H18F5N3O4S/c1-9-7-13(34-16(9)20(31)32)10(2)27-18(30)14-15(17(22)23)28-29(3)19(14)33-12-6-4-5-11(8-12)21(24,25)26/h4-8,10,17H,1-3H3,(H,27,30)(H,31,32). The lowest BCUT2D eigenvalue weighted by Gasteiger charge is -2.14. The summed E-state index contributed by atoms with van der Waals surface area (Å²) in [4.78, 5) is 24.8. The molecule has 0 radical (unpaired) electrons. The molecule has 0 aliphatic carbocycles. The molecule has 2 heterocycles. The SMILES string of the molecule is Cc1cc(C(C)NC(=O)c2c(C(F)F)nn(C)c2Oc2cccc(C(F)(F)F)c2)sc1C(=O)O. The van der Waals surface area contributed by atoms with Crippen LogP contribution < -0.4 is 10.1 Å². The van der Waals surface area contributed by atoms with Gasteiger partial charge in [-0.15, -0.1) is 11.3 Å². The molecule has 7 nitrogen and oxygen atoms in total. The third-order valence-corrected chi connectivity index (χ3v) is 6.14. The van der Waals surface area contributed by atoms with Gasteiger partial charge in [-0.1, -0.05) is 6.07 Å². The number of alkyl halides is 5. The highest BCUT2D eigenvalue weighted by atomic mass is 32.1. The molecule has 34 heavy (non-hydrogen) atoms. The Balaban J connectivity index is 1.95. The van der Waals surface area contributed by atoms with Crippen molar-refractivity contribution in [3.63, 3.8) is 0 Å². The van der Waals surface area contributed by atoms with Crippen molar-refractivity contribution in [3.05, 3.63) is 62.5 Å². The van der Waals surface area contributed by atoms with Crippen molar-refractivity contribution in [2.75, 3.05) is 0 Å². The number of carboxylic acid groups (broad SMARTS) is 1. The Bertz CT molecular complexity index is 1240. The molecule has 2 N–H and O–H groups in total. The third-order valence-electron chi connectivity index (χ3n) is 4.74. The highest BCUT2D eigenvalue weighted by Gasteiger charge is 2.33. The van der Waals surface area contributed by atoms with Crippen molar-refractivity contribution in [1.29, 1.82) is 0 Å². The second-order valence-electron chi connectivity index (χ2n) is 7.28. The number of aromatic nitrogens is 2. The predicted octanol–water partition coefficient (Wildman–Crippen LogP) is 5.73. The van der Waals surface area contributed by atoms with Gasteiger partial charge in [0.1, 0.15) is 21.9 Å². The van der Waals surface area contributed by atoms with Gasteiger partial charge in [0.05, 0.1) is 11.6 Å². The van der Waals surface area contributed by atoms with Crippen LogP contribution in [0.25, 0.3) is 0 Å². The number of carbonyl (C=O) groups is 2. The fraction of sp³-hybridized carbons (Fsp3) is 0.286. The van der Waals surface area contributed by atoms with Crippen LogP contribution in [0.2, 0.25) is 0 Å². The maximum absolute atomic E-state index is 13.6. The number of thiophene rings is 1. The van der Waals surface area contributed by atoms with E-state index >= 15 is 0 Å². The first kappa shape index (κ1) is 25.1. The topological polar surface area (TPSA) is 93.5 Å². The maximum atomic E-state index is 13.6. The lowest BCUT2D eigenvalue weighted by atomic mass is 10.1. The molecule has 0 bridgehead atoms. The number of carboxylic acids is 1.